The van der Waals surface area contributed by atoms with Crippen molar-refractivity contribution in [3.05, 3.63) is 81.7 Å². The van der Waals surface area contributed by atoms with E-state index < -0.39 is 5.97 Å². The minimum atomic E-state index is -0.960. The van der Waals surface area contributed by atoms with Gasteiger partial charge in [-0.25, -0.2) is 4.79 Å². The van der Waals surface area contributed by atoms with E-state index in [0.717, 1.165) is 56.8 Å². The molecule has 1 N–H and O–H groups in total. The van der Waals surface area contributed by atoms with Crippen molar-refractivity contribution in [3.63, 3.8) is 0 Å². The lowest BCUT2D eigenvalue weighted by atomic mass is 9.89. The van der Waals surface area contributed by atoms with Gasteiger partial charge in [-0.05, 0) is 91.2 Å². The molecule has 36 heavy (non-hydrogen) atoms. The summed E-state index contributed by atoms with van der Waals surface area (Å²) in [6, 6.07) is 16.2. The van der Waals surface area contributed by atoms with Gasteiger partial charge in [0, 0.05) is 35.1 Å². The number of nitrogens with zero attached hydrogens (tertiary/aromatic N) is 2. The van der Waals surface area contributed by atoms with E-state index in [1.54, 1.807) is 19.2 Å². The van der Waals surface area contributed by atoms with Crippen LogP contribution in [0.2, 0.25) is 0 Å². The quantitative estimate of drug-likeness (QED) is 0.301. The number of piperidine rings is 1. The van der Waals surface area contributed by atoms with Gasteiger partial charge in [-0.2, -0.15) is 0 Å². The number of rotatable bonds is 9. The molecule has 0 atom stereocenters. The molecule has 1 saturated heterocycles. The molecular weight excluding hydrogens is 472 g/mol. The van der Waals surface area contributed by atoms with Gasteiger partial charge in [0.1, 0.15) is 17.1 Å². The minimum Gasteiger partial charge on any atom is -0.497 e. The SMILES string of the molecule is COc1ccc2c(c1)c(C1CCN(Cc3ccc(OC)c(C(=O)O)c3)CC1)cn2CCc1cccs1. The number of fused-ring (bicyclic) bond motifs is 1. The number of hydrogen-bond acceptors (Lipinski definition) is 5. The van der Waals surface area contributed by atoms with E-state index in [1.165, 1.54) is 28.5 Å². The lowest BCUT2D eigenvalue weighted by Crippen LogP contribution is -2.32. The van der Waals surface area contributed by atoms with Crippen molar-refractivity contribution in [2.45, 2.75) is 38.3 Å². The van der Waals surface area contributed by atoms with E-state index in [0.29, 0.717) is 11.7 Å². The van der Waals surface area contributed by atoms with Crippen molar-refractivity contribution in [2.24, 2.45) is 0 Å². The predicted molar refractivity (Wildman–Crippen MR) is 144 cm³/mol. The Bertz CT molecular complexity index is 1340. The fourth-order valence-electron chi connectivity index (χ4n) is 5.31. The first-order valence-corrected chi connectivity index (χ1v) is 13.3. The number of hydrogen-bond donors (Lipinski definition) is 1. The zero-order chi connectivity index (χ0) is 25.1. The molecule has 0 bridgehead atoms. The maximum absolute atomic E-state index is 11.6. The highest BCUT2D eigenvalue weighted by Crippen LogP contribution is 2.36. The third-order valence-corrected chi connectivity index (χ3v) is 8.16. The number of carboxylic acid groups (broad SMARTS) is 1. The molecule has 0 spiro atoms. The highest BCUT2D eigenvalue weighted by atomic mass is 32.1. The second kappa shape index (κ2) is 10.8. The van der Waals surface area contributed by atoms with Crippen molar-refractivity contribution in [1.82, 2.24) is 9.47 Å². The number of carbonyl (C=O) groups is 1. The third-order valence-electron chi connectivity index (χ3n) is 7.23. The average Bonchev–Trinajstić information content (AvgIpc) is 3.55. The summed E-state index contributed by atoms with van der Waals surface area (Å²) in [6.07, 6.45) is 5.54. The normalized spacial score (nSPS) is 14.8. The summed E-state index contributed by atoms with van der Waals surface area (Å²) in [5.74, 6) is 0.824. The molecule has 1 fully saturated rings. The van der Waals surface area contributed by atoms with E-state index in [9.17, 15) is 9.90 Å². The molecule has 1 aliphatic heterocycles. The van der Waals surface area contributed by atoms with Gasteiger partial charge >= 0.3 is 5.97 Å². The molecule has 0 amide bonds. The first-order chi connectivity index (χ1) is 17.6. The van der Waals surface area contributed by atoms with Crippen LogP contribution in [0.4, 0.5) is 0 Å². The van der Waals surface area contributed by atoms with Crippen LogP contribution in [0.5, 0.6) is 11.5 Å². The fraction of sp³-hybridized carbons (Fsp3) is 0.345. The monoisotopic (exact) mass is 504 g/mol. The van der Waals surface area contributed by atoms with Crippen LogP contribution in [0.1, 0.15) is 45.1 Å². The van der Waals surface area contributed by atoms with Crippen LogP contribution >= 0.6 is 11.3 Å². The second-order valence-electron chi connectivity index (χ2n) is 9.38. The minimum absolute atomic E-state index is 0.217. The highest BCUT2D eigenvalue weighted by molar-refractivity contribution is 7.09. The van der Waals surface area contributed by atoms with Crippen LogP contribution in [0, 0.1) is 0 Å². The van der Waals surface area contributed by atoms with E-state index in [1.807, 2.05) is 17.4 Å². The van der Waals surface area contributed by atoms with Gasteiger partial charge in [0.05, 0.1) is 14.2 Å². The Kier molecular flexibility index (Phi) is 7.30. The van der Waals surface area contributed by atoms with E-state index in [4.69, 9.17) is 9.47 Å². The third kappa shape index (κ3) is 5.13. The summed E-state index contributed by atoms with van der Waals surface area (Å²) in [4.78, 5) is 15.4. The topological polar surface area (TPSA) is 63.9 Å². The maximum atomic E-state index is 11.6. The van der Waals surface area contributed by atoms with E-state index in [-0.39, 0.29) is 5.56 Å². The molecule has 0 unspecified atom stereocenters. The molecule has 0 radical (unpaired) electrons. The molecule has 2 aromatic heterocycles. The Hall–Kier alpha value is -3.29. The van der Waals surface area contributed by atoms with Crippen molar-refractivity contribution in [2.75, 3.05) is 27.3 Å². The number of aryl methyl sites for hydroxylation is 2. The van der Waals surface area contributed by atoms with E-state index >= 15 is 0 Å². The Morgan fingerprint density at radius 2 is 1.92 bits per heavy atom. The number of benzene rings is 2. The van der Waals surface area contributed by atoms with Crippen LogP contribution in [0.25, 0.3) is 10.9 Å². The second-order valence-corrected chi connectivity index (χ2v) is 10.4. The number of likely N-dealkylation sites (tertiary alicyclic amines) is 1. The Balaban J connectivity index is 1.31. The lowest BCUT2D eigenvalue weighted by Gasteiger charge is -2.32. The number of thiophene rings is 1. The summed E-state index contributed by atoms with van der Waals surface area (Å²) >= 11 is 1.82. The maximum Gasteiger partial charge on any atom is 0.339 e. The van der Waals surface area contributed by atoms with Crippen LogP contribution in [0.3, 0.4) is 0 Å². The molecule has 6 nitrogen and oxygen atoms in total. The van der Waals surface area contributed by atoms with Gasteiger partial charge in [0.25, 0.3) is 0 Å². The Morgan fingerprint density at radius 1 is 1.08 bits per heavy atom. The smallest absolute Gasteiger partial charge is 0.339 e. The largest absolute Gasteiger partial charge is 0.497 e. The van der Waals surface area contributed by atoms with E-state index in [2.05, 4.69) is 51.4 Å². The first kappa shape index (κ1) is 24.4. The zero-order valence-corrected chi connectivity index (χ0v) is 21.6. The molecule has 3 heterocycles. The number of carboxylic acids is 1. The van der Waals surface area contributed by atoms with Gasteiger partial charge in [-0.1, -0.05) is 12.1 Å². The van der Waals surface area contributed by atoms with Gasteiger partial charge < -0.3 is 19.1 Å². The zero-order valence-electron chi connectivity index (χ0n) is 20.8. The summed E-state index contributed by atoms with van der Waals surface area (Å²) in [5.41, 5.74) is 3.90. The lowest BCUT2D eigenvalue weighted by molar-refractivity contribution is 0.0693. The standard InChI is InChI=1S/C29H32N2O4S/c1-34-22-6-7-27-24(17-22)26(19-31(27)14-11-23-4-3-15-36-23)21-9-12-30(13-10-21)18-20-5-8-28(35-2)25(16-20)29(32)33/h3-8,15-17,19,21H,9-14,18H2,1-2H3,(H,32,33). The molecule has 7 heteroatoms. The first-order valence-electron chi connectivity index (χ1n) is 12.4. The number of aromatic nitrogens is 1. The fourth-order valence-corrected chi connectivity index (χ4v) is 6.01. The highest BCUT2D eigenvalue weighted by Gasteiger charge is 2.25. The molecule has 5 rings (SSSR count). The summed E-state index contributed by atoms with van der Waals surface area (Å²) in [6.45, 7) is 3.66. The van der Waals surface area contributed by atoms with Gasteiger partial charge in [-0.3, -0.25) is 4.90 Å². The van der Waals surface area contributed by atoms with Crippen LogP contribution in [-0.2, 0) is 19.5 Å². The molecular formula is C29H32N2O4S. The Labute approximate surface area is 215 Å². The Morgan fingerprint density at radius 3 is 2.61 bits per heavy atom. The number of methoxy groups -OCH3 is 2. The molecule has 1 aliphatic rings. The molecule has 0 aliphatic carbocycles. The van der Waals surface area contributed by atoms with Crippen LogP contribution < -0.4 is 9.47 Å². The predicted octanol–water partition coefficient (Wildman–Crippen LogP) is 6.04. The molecule has 4 aromatic rings. The number of ether oxygens (including phenoxy) is 2. The van der Waals surface area contributed by atoms with Crippen LogP contribution in [-0.4, -0.2) is 47.9 Å². The molecule has 0 saturated carbocycles. The average molecular weight is 505 g/mol. The van der Waals surface area contributed by atoms with Crippen molar-refractivity contribution in [3.8, 4) is 11.5 Å². The molecule has 188 valence electrons. The van der Waals surface area contributed by atoms with Gasteiger partial charge in [0.15, 0.2) is 0 Å². The number of aromatic carboxylic acids is 1. The van der Waals surface area contributed by atoms with Crippen molar-refractivity contribution < 1.29 is 19.4 Å². The van der Waals surface area contributed by atoms with Crippen molar-refractivity contribution in [1.29, 1.82) is 0 Å². The van der Waals surface area contributed by atoms with Gasteiger partial charge in [0.2, 0.25) is 0 Å². The summed E-state index contributed by atoms with van der Waals surface area (Å²) in [5, 5.41) is 12.9. The summed E-state index contributed by atoms with van der Waals surface area (Å²) in [7, 11) is 3.23. The molecule has 2 aromatic carbocycles. The van der Waals surface area contributed by atoms with Crippen molar-refractivity contribution >= 4 is 28.2 Å². The van der Waals surface area contributed by atoms with Crippen LogP contribution in [0.15, 0.2) is 60.1 Å². The summed E-state index contributed by atoms with van der Waals surface area (Å²) < 4.78 is 13.2. The van der Waals surface area contributed by atoms with Gasteiger partial charge in [-0.15, -0.1) is 11.3 Å².